The normalized spacial score (nSPS) is 24.7. The molecule has 0 saturated heterocycles. The molecule has 1 aliphatic rings. The molecule has 80 valence electrons. The number of thioether (sulfide) groups is 1. The van der Waals surface area contributed by atoms with Gasteiger partial charge in [-0.15, -0.1) is 11.8 Å². The van der Waals surface area contributed by atoms with E-state index in [1.807, 2.05) is 6.92 Å². The van der Waals surface area contributed by atoms with Crippen molar-refractivity contribution in [1.82, 2.24) is 0 Å². The highest BCUT2D eigenvalue weighted by molar-refractivity contribution is 8.85. The van der Waals surface area contributed by atoms with Crippen molar-refractivity contribution in [3.63, 3.8) is 0 Å². The van der Waals surface area contributed by atoms with Crippen LogP contribution >= 0.6 is 41.2 Å². The van der Waals surface area contributed by atoms with Gasteiger partial charge in [0.1, 0.15) is 0 Å². The molecule has 1 saturated carbocycles. The predicted octanol–water partition coefficient (Wildman–Crippen LogP) is 3.13. The minimum Gasteiger partial charge on any atom is -0.329 e. The number of hydrogen-bond donors (Lipinski definition) is 2. The lowest BCUT2D eigenvalue weighted by Gasteiger charge is -2.14. The molecular formula is C7H12NO2PS3. The van der Waals surface area contributed by atoms with Crippen LogP contribution in [0.15, 0.2) is 0 Å². The maximum absolute atomic E-state index is 11.0. The van der Waals surface area contributed by atoms with Crippen LogP contribution in [0.25, 0.3) is 0 Å². The van der Waals surface area contributed by atoms with Gasteiger partial charge in [-0.1, -0.05) is 12.2 Å². The zero-order chi connectivity index (χ0) is 10.8. The van der Waals surface area contributed by atoms with Crippen molar-refractivity contribution in [2.75, 3.05) is 0 Å². The molecule has 3 atom stereocenters. The summed E-state index contributed by atoms with van der Waals surface area (Å²) in [6.45, 7) is 1.83. The van der Waals surface area contributed by atoms with E-state index in [-0.39, 0.29) is 9.83 Å². The second kappa shape index (κ2) is 5.18. The van der Waals surface area contributed by atoms with Crippen LogP contribution in [0.2, 0.25) is 0 Å². The van der Waals surface area contributed by atoms with Crippen molar-refractivity contribution in [3.05, 3.63) is 0 Å². The first kappa shape index (κ1) is 12.8. The smallest absolute Gasteiger partial charge is 0.308 e. The third-order valence-corrected chi connectivity index (χ3v) is 7.21. The van der Waals surface area contributed by atoms with E-state index < -0.39 is 5.77 Å². The Kier molecular flexibility index (Phi) is 4.73. The van der Waals surface area contributed by atoms with Gasteiger partial charge < -0.3 is 4.89 Å². The highest BCUT2D eigenvalue weighted by Crippen LogP contribution is 2.63. The van der Waals surface area contributed by atoms with Crippen LogP contribution in [0, 0.1) is 17.2 Å². The first-order valence-corrected chi connectivity index (χ1v) is 9.45. The molecule has 0 spiro atoms. The van der Waals surface area contributed by atoms with Crippen molar-refractivity contribution >= 4 is 41.2 Å². The maximum Gasteiger partial charge on any atom is 0.308 e. The predicted molar refractivity (Wildman–Crippen MR) is 65.6 cm³/mol. The Bertz CT molecular complexity index is 283. The van der Waals surface area contributed by atoms with Crippen molar-refractivity contribution in [2.24, 2.45) is 5.92 Å². The zero-order valence-corrected chi connectivity index (χ0v) is 11.1. The summed E-state index contributed by atoms with van der Waals surface area (Å²) in [6.07, 6.45) is 2.22. The summed E-state index contributed by atoms with van der Waals surface area (Å²) >= 11 is 5.99. The molecule has 1 fully saturated rings. The number of nitrogens with zero attached hydrogens (tertiary/aromatic N) is 1. The summed E-state index contributed by atoms with van der Waals surface area (Å²) in [6, 6.07) is 2.23. The van der Waals surface area contributed by atoms with E-state index in [1.165, 1.54) is 11.8 Å². The van der Waals surface area contributed by atoms with Crippen LogP contribution in [0.3, 0.4) is 0 Å². The van der Waals surface area contributed by atoms with Gasteiger partial charge in [0.25, 0.3) is 0 Å². The quantitative estimate of drug-likeness (QED) is 0.456. The Morgan fingerprint density at radius 2 is 2.29 bits per heavy atom. The van der Waals surface area contributed by atoms with Gasteiger partial charge in [0, 0.05) is 0 Å². The lowest BCUT2D eigenvalue weighted by molar-refractivity contribution is 0.514. The van der Waals surface area contributed by atoms with Crippen LogP contribution in [-0.4, -0.2) is 14.7 Å². The fourth-order valence-electron chi connectivity index (χ4n) is 1.07. The van der Waals surface area contributed by atoms with Crippen molar-refractivity contribution < 1.29 is 9.46 Å². The molecule has 1 N–H and O–H groups in total. The first-order chi connectivity index (χ1) is 6.42. The summed E-state index contributed by atoms with van der Waals surface area (Å²) in [5, 5.41) is 8.82. The molecule has 0 aromatic carbocycles. The molecule has 3 nitrogen and oxygen atoms in total. The minimum absolute atomic E-state index is 0.0302. The lowest BCUT2D eigenvalue weighted by atomic mass is 10.3. The average Bonchev–Trinajstić information content (AvgIpc) is 2.78. The largest absolute Gasteiger partial charge is 0.329 e. The van der Waals surface area contributed by atoms with Crippen LogP contribution in [0.5, 0.6) is 0 Å². The van der Waals surface area contributed by atoms with Crippen molar-refractivity contribution in [3.8, 4) is 6.07 Å². The third-order valence-electron chi connectivity index (χ3n) is 1.80. The fraction of sp³-hybridized carbons (Fsp3) is 0.857. The Hall–Kier alpha value is 0.730. The minimum atomic E-state index is -3.32. The van der Waals surface area contributed by atoms with Gasteiger partial charge in [-0.05, 0) is 37.1 Å². The standard InChI is InChI=1S/C7H12NO2PS3/c1-5(14-11(9,10)12)13-7(4-8)6-2-3-6/h5-7H,2-3H2,1H3,(H2,9,10,12). The summed E-state index contributed by atoms with van der Waals surface area (Å²) in [7, 11) is 0. The zero-order valence-electron chi connectivity index (χ0n) is 7.66. The van der Waals surface area contributed by atoms with Gasteiger partial charge >= 0.3 is 5.77 Å². The van der Waals surface area contributed by atoms with Crippen LogP contribution in [0.4, 0.5) is 0 Å². The lowest BCUT2D eigenvalue weighted by Crippen LogP contribution is -2.05. The van der Waals surface area contributed by atoms with E-state index in [9.17, 15) is 4.57 Å². The molecule has 0 amide bonds. The van der Waals surface area contributed by atoms with Crippen molar-refractivity contribution in [1.29, 1.82) is 5.26 Å². The molecule has 14 heavy (non-hydrogen) atoms. The molecular weight excluding hydrogens is 257 g/mol. The van der Waals surface area contributed by atoms with Gasteiger partial charge in [-0.25, -0.2) is 0 Å². The van der Waals surface area contributed by atoms with Crippen LogP contribution < -0.4 is 0 Å². The topological polar surface area (TPSA) is 61.1 Å². The van der Waals surface area contributed by atoms with Crippen LogP contribution in [-0.2, 0) is 4.57 Å². The second-order valence-electron chi connectivity index (χ2n) is 3.19. The number of nitriles is 1. The Balaban J connectivity index is 2.35. The van der Waals surface area contributed by atoms with Crippen LogP contribution in [0.1, 0.15) is 19.8 Å². The van der Waals surface area contributed by atoms with E-state index in [2.05, 4.69) is 18.3 Å². The van der Waals surface area contributed by atoms with Crippen molar-refractivity contribution in [2.45, 2.75) is 29.6 Å². The number of rotatable bonds is 5. The number of thiol groups is 1. The molecule has 1 rings (SSSR count). The van der Waals surface area contributed by atoms with Gasteiger partial charge in [-0.3, -0.25) is 4.57 Å². The molecule has 1 aliphatic carbocycles. The highest BCUT2D eigenvalue weighted by Gasteiger charge is 2.33. The van der Waals surface area contributed by atoms with E-state index in [4.69, 9.17) is 10.2 Å². The Labute approximate surface area is 97.4 Å². The van der Waals surface area contributed by atoms with Gasteiger partial charge in [0.15, 0.2) is 0 Å². The summed E-state index contributed by atoms with van der Waals surface area (Å²) < 4.78 is 10.9. The number of hydrogen-bond acceptors (Lipinski definition) is 4. The third kappa shape index (κ3) is 4.99. The Morgan fingerprint density at radius 3 is 2.64 bits per heavy atom. The summed E-state index contributed by atoms with van der Waals surface area (Å²) in [5.41, 5.74) is 0. The van der Waals surface area contributed by atoms with E-state index in [0.29, 0.717) is 5.92 Å². The van der Waals surface area contributed by atoms with Gasteiger partial charge in [0.2, 0.25) is 0 Å². The first-order valence-electron chi connectivity index (χ1n) is 4.21. The molecule has 0 radical (unpaired) electrons. The average molecular weight is 269 g/mol. The second-order valence-corrected chi connectivity index (χ2v) is 11.4. The molecule has 7 heteroatoms. The maximum atomic E-state index is 11.0. The fourth-order valence-corrected chi connectivity index (χ4v) is 7.49. The SMILES string of the molecule is CC(SC(C#N)C1CC1)SP(=O)(O)S. The van der Waals surface area contributed by atoms with Gasteiger partial charge in [0.05, 0.1) is 15.9 Å². The molecule has 0 bridgehead atoms. The molecule has 0 aliphatic heterocycles. The Morgan fingerprint density at radius 1 is 1.71 bits per heavy atom. The highest BCUT2D eigenvalue weighted by atomic mass is 33.1. The summed E-state index contributed by atoms with van der Waals surface area (Å²) in [5.74, 6) is -2.83. The summed E-state index contributed by atoms with van der Waals surface area (Å²) in [4.78, 5) is 9.01. The van der Waals surface area contributed by atoms with Gasteiger partial charge in [-0.2, -0.15) is 5.26 Å². The van der Waals surface area contributed by atoms with E-state index >= 15 is 0 Å². The monoisotopic (exact) mass is 269 g/mol. The van der Waals surface area contributed by atoms with E-state index in [1.54, 1.807) is 0 Å². The molecule has 0 aromatic heterocycles. The van der Waals surface area contributed by atoms with E-state index in [0.717, 1.165) is 24.2 Å². The molecule has 0 aromatic rings. The molecule has 0 heterocycles. The molecule has 3 unspecified atom stereocenters.